The maximum absolute atomic E-state index is 9.09. The molecule has 2 aromatic carbocycles. The number of nitriles is 1. The maximum Gasteiger partial charge on any atom is 0.101 e. The van der Waals surface area contributed by atoms with Gasteiger partial charge in [0.2, 0.25) is 0 Å². The normalized spacial score (nSPS) is 9.95. The fourth-order valence-corrected chi connectivity index (χ4v) is 2.20. The Morgan fingerprint density at radius 3 is 2.58 bits per heavy atom. The molecule has 0 radical (unpaired) electrons. The molecule has 0 heterocycles. The van der Waals surface area contributed by atoms with Crippen LogP contribution < -0.4 is 5.32 Å². The third-order valence-electron chi connectivity index (χ3n) is 3.07. The lowest BCUT2D eigenvalue weighted by Gasteiger charge is -2.11. The van der Waals surface area contributed by atoms with Crippen LogP contribution in [0.25, 0.3) is 0 Å². The number of nitrogens with one attached hydrogen (secondary N) is 1. The third kappa shape index (κ3) is 3.27. The highest BCUT2D eigenvalue weighted by atomic mass is 35.5. The van der Waals surface area contributed by atoms with Crippen LogP contribution in [0.2, 0.25) is 5.02 Å². The summed E-state index contributed by atoms with van der Waals surface area (Å²) in [6.07, 6.45) is 1.00. The number of hydrogen-bond donors (Lipinski definition) is 1. The van der Waals surface area contributed by atoms with Gasteiger partial charge in [-0.2, -0.15) is 5.26 Å². The van der Waals surface area contributed by atoms with Crippen LogP contribution in [0, 0.1) is 11.3 Å². The number of benzene rings is 2. The first kappa shape index (κ1) is 13.5. The molecule has 2 nitrogen and oxygen atoms in total. The smallest absolute Gasteiger partial charge is 0.101 e. The average Bonchev–Trinajstić information content (AvgIpc) is 2.46. The van der Waals surface area contributed by atoms with Crippen molar-refractivity contribution in [1.29, 1.82) is 5.26 Å². The molecule has 0 saturated carbocycles. The van der Waals surface area contributed by atoms with E-state index in [9.17, 15) is 0 Å². The number of halogens is 1. The van der Waals surface area contributed by atoms with E-state index < -0.39 is 0 Å². The molecule has 0 atom stereocenters. The van der Waals surface area contributed by atoms with Gasteiger partial charge >= 0.3 is 0 Å². The number of hydrogen-bond acceptors (Lipinski definition) is 2. The molecule has 19 heavy (non-hydrogen) atoms. The van der Waals surface area contributed by atoms with Crippen molar-refractivity contribution in [2.45, 2.75) is 19.9 Å². The molecule has 0 aromatic heterocycles. The molecule has 96 valence electrons. The summed E-state index contributed by atoms with van der Waals surface area (Å²) in [4.78, 5) is 0. The molecule has 0 spiro atoms. The minimum absolute atomic E-state index is 0.571. The molecule has 2 rings (SSSR count). The average molecular weight is 271 g/mol. The van der Waals surface area contributed by atoms with Gasteiger partial charge < -0.3 is 5.32 Å². The van der Waals surface area contributed by atoms with Crippen LogP contribution in [0.4, 0.5) is 5.69 Å². The number of anilines is 1. The predicted molar refractivity (Wildman–Crippen MR) is 79.3 cm³/mol. The van der Waals surface area contributed by atoms with E-state index in [1.807, 2.05) is 18.2 Å². The van der Waals surface area contributed by atoms with Gasteiger partial charge in [-0.05, 0) is 35.7 Å². The van der Waals surface area contributed by atoms with E-state index in [0.717, 1.165) is 12.1 Å². The van der Waals surface area contributed by atoms with Crippen LogP contribution in [0.15, 0.2) is 42.5 Å². The summed E-state index contributed by atoms with van der Waals surface area (Å²) in [6, 6.07) is 15.8. The second-order valence-corrected chi connectivity index (χ2v) is 4.71. The van der Waals surface area contributed by atoms with E-state index in [2.05, 4.69) is 30.4 Å². The van der Waals surface area contributed by atoms with E-state index in [1.165, 1.54) is 11.1 Å². The van der Waals surface area contributed by atoms with Crippen molar-refractivity contribution in [2.24, 2.45) is 0 Å². The summed E-state index contributed by atoms with van der Waals surface area (Å²) in [5, 5.41) is 13.0. The Hall–Kier alpha value is -1.98. The van der Waals surface area contributed by atoms with Gasteiger partial charge in [-0.15, -0.1) is 0 Å². The van der Waals surface area contributed by atoms with E-state index in [-0.39, 0.29) is 0 Å². The first-order valence-electron chi connectivity index (χ1n) is 6.25. The lowest BCUT2D eigenvalue weighted by Crippen LogP contribution is -2.03. The van der Waals surface area contributed by atoms with Crippen molar-refractivity contribution in [2.75, 3.05) is 5.32 Å². The van der Waals surface area contributed by atoms with Crippen LogP contribution in [0.5, 0.6) is 0 Å². The SMILES string of the molecule is CCc1ccccc1CNc1ccc(Cl)cc1C#N. The Bertz CT molecular complexity index is 614. The molecule has 3 heteroatoms. The highest BCUT2D eigenvalue weighted by Crippen LogP contribution is 2.21. The second kappa shape index (κ2) is 6.26. The zero-order chi connectivity index (χ0) is 13.7. The van der Waals surface area contributed by atoms with Gasteiger partial charge in [0.1, 0.15) is 6.07 Å². The van der Waals surface area contributed by atoms with Gasteiger partial charge in [-0.25, -0.2) is 0 Å². The fourth-order valence-electron chi connectivity index (χ4n) is 2.03. The molecule has 0 saturated heterocycles. The molecule has 0 aliphatic heterocycles. The molecule has 0 fully saturated rings. The highest BCUT2D eigenvalue weighted by Gasteiger charge is 2.04. The predicted octanol–water partition coefficient (Wildman–Crippen LogP) is 4.39. The number of nitrogens with zero attached hydrogens (tertiary/aromatic N) is 1. The summed E-state index contributed by atoms with van der Waals surface area (Å²) in [7, 11) is 0. The summed E-state index contributed by atoms with van der Waals surface area (Å²) in [5.41, 5.74) is 3.96. The van der Waals surface area contributed by atoms with Crippen molar-refractivity contribution in [3.63, 3.8) is 0 Å². The maximum atomic E-state index is 9.09. The van der Waals surface area contributed by atoms with Gasteiger partial charge in [0, 0.05) is 11.6 Å². The van der Waals surface area contributed by atoms with Gasteiger partial charge in [0.05, 0.1) is 11.3 Å². The summed E-state index contributed by atoms with van der Waals surface area (Å²) in [5.74, 6) is 0. The molecule has 2 aromatic rings. The van der Waals surface area contributed by atoms with Gasteiger partial charge in [0.25, 0.3) is 0 Å². The Morgan fingerprint density at radius 2 is 1.89 bits per heavy atom. The molecule has 0 aliphatic carbocycles. The zero-order valence-corrected chi connectivity index (χ0v) is 11.5. The lowest BCUT2D eigenvalue weighted by molar-refractivity contribution is 1.04. The van der Waals surface area contributed by atoms with Crippen molar-refractivity contribution < 1.29 is 0 Å². The summed E-state index contributed by atoms with van der Waals surface area (Å²) < 4.78 is 0. The van der Waals surface area contributed by atoms with Crippen LogP contribution in [0.1, 0.15) is 23.6 Å². The molecule has 0 bridgehead atoms. The second-order valence-electron chi connectivity index (χ2n) is 4.28. The molecule has 0 unspecified atom stereocenters. The molecular weight excluding hydrogens is 256 g/mol. The molecule has 0 amide bonds. The molecule has 1 N–H and O–H groups in total. The van der Waals surface area contributed by atoms with Crippen LogP contribution in [0.3, 0.4) is 0 Å². The minimum Gasteiger partial charge on any atom is -0.380 e. The van der Waals surface area contributed by atoms with E-state index >= 15 is 0 Å². The van der Waals surface area contributed by atoms with Crippen molar-refractivity contribution in [1.82, 2.24) is 0 Å². The highest BCUT2D eigenvalue weighted by molar-refractivity contribution is 6.30. The quantitative estimate of drug-likeness (QED) is 0.895. The number of aryl methyl sites for hydroxylation is 1. The van der Waals surface area contributed by atoms with Crippen LogP contribution in [-0.4, -0.2) is 0 Å². The Balaban J connectivity index is 2.17. The fraction of sp³-hybridized carbons (Fsp3) is 0.188. The standard InChI is InChI=1S/C16H15ClN2/c1-2-12-5-3-4-6-13(12)11-19-16-8-7-15(17)9-14(16)10-18/h3-9,19H,2,11H2,1H3. The Labute approximate surface area is 118 Å². The van der Waals surface area contributed by atoms with Gasteiger partial charge in [0.15, 0.2) is 0 Å². The van der Waals surface area contributed by atoms with Gasteiger partial charge in [-0.1, -0.05) is 42.8 Å². The van der Waals surface area contributed by atoms with Crippen molar-refractivity contribution in [3.05, 3.63) is 64.2 Å². The molecule has 0 aliphatic rings. The van der Waals surface area contributed by atoms with Crippen LogP contribution >= 0.6 is 11.6 Å². The van der Waals surface area contributed by atoms with E-state index in [1.54, 1.807) is 12.1 Å². The van der Waals surface area contributed by atoms with E-state index in [4.69, 9.17) is 16.9 Å². The van der Waals surface area contributed by atoms with Crippen LogP contribution in [-0.2, 0) is 13.0 Å². The summed E-state index contributed by atoms with van der Waals surface area (Å²) in [6.45, 7) is 2.85. The number of rotatable bonds is 4. The zero-order valence-electron chi connectivity index (χ0n) is 10.8. The summed E-state index contributed by atoms with van der Waals surface area (Å²) >= 11 is 5.88. The topological polar surface area (TPSA) is 35.8 Å². The first-order valence-corrected chi connectivity index (χ1v) is 6.62. The monoisotopic (exact) mass is 270 g/mol. The Morgan fingerprint density at radius 1 is 1.16 bits per heavy atom. The molecular formula is C16H15ClN2. The minimum atomic E-state index is 0.571. The third-order valence-corrected chi connectivity index (χ3v) is 3.31. The van der Waals surface area contributed by atoms with E-state index in [0.29, 0.717) is 17.1 Å². The van der Waals surface area contributed by atoms with Crippen molar-refractivity contribution >= 4 is 17.3 Å². The van der Waals surface area contributed by atoms with Gasteiger partial charge in [-0.3, -0.25) is 0 Å². The first-order chi connectivity index (χ1) is 9.24. The van der Waals surface area contributed by atoms with Crippen molar-refractivity contribution in [3.8, 4) is 6.07 Å². The largest absolute Gasteiger partial charge is 0.380 e. The lowest BCUT2D eigenvalue weighted by atomic mass is 10.1. The Kier molecular flexibility index (Phi) is 4.43.